The van der Waals surface area contributed by atoms with Gasteiger partial charge in [-0.2, -0.15) is 0 Å². The second kappa shape index (κ2) is 5.93. The number of carbonyl (C=O) groups excluding carboxylic acids is 1. The highest BCUT2D eigenvalue weighted by Gasteiger charge is 2.32. The highest BCUT2D eigenvalue weighted by molar-refractivity contribution is 7.99. The van der Waals surface area contributed by atoms with Crippen molar-refractivity contribution in [2.45, 2.75) is 11.0 Å². The van der Waals surface area contributed by atoms with Crippen LogP contribution in [0.5, 0.6) is 17.2 Å². The molecule has 0 spiro atoms. The Labute approximate surface area is 133 Å². The maximum atomic E-state index is 12.8. The number of hydrogen-bond acceptors (Lipinski definition) is 5. The molecule has 3 rings (SSSR count). The van der Waals surface area contributed by atoms with Gasteiger partial charge in [-0.1, -0.05) is 12.1 Å². The molecule has 114 valence electrons. The smallest absolute Gasteiger partial charge is 0.180 e. The van der Waals surface area contributed by atoms with E-state index in [0.29, 0.717) is 22.8 Å². The molecule has 0 radical (unpaired) electrons. The molecule has 0 bridgehead atoms. The predicted molar refractivity (Wildman–Crippen MR) is 86.0 cm³/mol. The molecule has 0 saturated heterocycles. The molecule has 0 saturated carbocycles. The van der Waals surface area contributed by atoms with Gasteiger partial charge in [0, 0.05) is 16.9 Å². The standard InChI is InChI=1S/C17H16O4S/c1-20-14-8-7-12-13(16(14)21-2)9-22-17(15(12)19)10-3-5-11(18)6-4-10/h3-8,17-18H,9H2,1-2H3. The van der Waals surface area contributed by atoms with Crippen LogP contribution in [0.2, 0.25) is 0 Å². The zero-order chi connectivity index (χ0) is 15.7. The molecule has 1 aliphatic heterocycles. The molecule has 4 nitrogen and oxygen atoms in total. The maximum absolute atomic E-state index is 12.8. The lowest BCUT2D eigenvalue weighted by Crippen LogP contribution is -2.18. The summed E-state index contributed by atoms with van der Waals surface area (Å²) < 4.78 is 10.7. The Bertz CT molecular complexity index is 709. The number of ketones is 1. The average molecular weight is 316 g/mol. The first-order valence-electron chi connectivity index (χ1n) is 6.84. The van der Waals surface area contributed by atoms with Crippen LogP contribution >= 0.6 is 11.8 Å². The lowest BCUT2D eigenvalue weighted by molar-refractivity contribution is 0.0986. The van der Waals surface area contributed by atoms with E-state index in [1.807, 2.05) is 0 Å². The molecular formula is C17H16O4S. The molecule has 1 heterocycles. The number of phenols is 1. The van der Waals surface area contributed by atoms with Crippen molar-refractivity contribution in [3.8, 4) is 17.2 Å². The Morgan fingerprint density at radius 3 is 2.45 bits per heavy atom. The number of carbonyl (C=O) groups is 1. The summed E-state index contributed by atoms with van der Waals surface area (Å²) in [5.41, 5.74) is 2.45. The molecule has 0 amide bonds. The van der Waals surface area contributed by atoms with E-state index in [1.54, 1.807) is 62.4 Å². The van der Waals surface area contributed by atoms with Crippen LogP contribution in [0.3, 0.4) is 0 Å². The first-order valence-corrected chi connectivity index (χ1v) is 7.89. The van der Waals surface area contributed by atoms with E-state index in [-0.39, 0.29) is 16.8 Å². The second-order valence-electron chi connectivity index (χ2n) is 4.97. The Kier molecular flexibility index (Phi) is 3.98. The zero-order valence-electron chi connectivity index (χ0n) is 12.3. The Hall–Kier alpha value is -2.14. The first kappa shape index (κ1) is 14.8. The molecule has 1 N–H and O–H groups in total. The molecule has 5 heteroatoms. The topological polar surface area (TPSA) is 55.8 Å². The number of methoxy groups -OCH3 is 2. The van der Waals surface area contributed by atoms with Gasteiger partial charge >= 0.3 is 0 Å². The van der Waals surface area contributed by atoms with Crippen molar-refractivity contribution in [3.63, 3.8) is 0 Å². The number of fused-ring (bicyclic) bond motifs is 1. The Morgan fingerprint density at radius 2 is 1.82 bits per heavy atom. The van der Waals surface area contributed by atoms with Gasteiger partial charge in [-0.05, 0) is 29.8 Å². The highest BCUT2D eigenvalue weighted by atomic mass is 32.2. The second-order valence-corrected chi connectivity index (χ2v) is 6.07. The number of aromatic hydroxyl groups is 1. The minimum absolute atomic E-state index is 0.0536. The first-order chi connectivity index (χ1) is 10.7. The van der Waals surface area contributed by atoms with E-state index in [9.17, 15) is 9.90 Å². The maximum Gasteiger partial charge on any atom is 0.180 e. The van der Waals surface area contributed by atoms with Crippen LogP contribution in [0, 0.1) is 0 Å². The SMILES string of the molecule is COc1ccc2c(c1OC)CSC(c1ccc(O)cc1)C2=O. The van der Waals surface area contributed by atoms with Gasteiger partial charge in [-0.25, -0.2) is 0 Å². The van der Waals surface area contributed by atoms with Crippen molar-refractivity contribution in [2.24, 2.45) is 0 Å². The lowest BCUT2D eigenvalue weighted by atomic mass is 9.97. The van der Waals surface area contributed by atoms with Gasteiger partial charge in [0.2, 0.25) is 0 Å². The fraction of sp³-hybridized carbons (Fsp3) is 0.235. The van der Waals surface area contributed by atoms with E-state index in [1.165, 1.54) is 0 Å². The van der Waals surface area contributed by atoms with Crippen LogP contribution in [0.15, 0.2) is 36.4 Å². The summed E-state index contributed by atoms with van der Waals surface area (Å²) in [7, 11) is 3.17. The summed E-state index contributed by atoms with van der Waals surface area (Å²) in [5.74, 6) is 2.19. The van der Waals surface area contributed by atoms with Crippen LogP contribution in [0.4, 0.5) is 0 Å². The third-order valence-electron chi connectivity index (χ3n) is 3.74. The van der Waals surface area contributed by atoms with Crippen LogP contribution < -0.4 is 9.47 Å². The van der Waals surface area contributed by atoms with E-state index in [4.69, 9.17) is 9.47 Å². The molecule has 0 aromatic heterocycles. The number of hydrogen-bond donors (Lipinski definition) is 1. The van der Waals surface area contributed by atoms with Crippen molar-refractivity contribution >= 4 is 17.5 Å². The van der Waals surface area contributed by atoms with Crippen molar-refractivity contribution in [2.75, 3.05) is 14.2 Å². The van der Waals surface area contributed by atoms with Gasteiger partial charge in [0.1, 0.15) is 5.75 Å². The molecule has 0 fully saturated rings. The number of phenolic OH excluding ortho intramolecular Hbond substituents is 1. The molecule has 2 aromatic rings. The van der Waals surface area contributed by atoms with Gasteiger partial charge in [0.05, 0.1) is 19.5 Å². The normalized spacial score (nSPS) is 17.0. The Balaban J connectivity index is 2.01. The zero-order valence-corrected chi connectivity index (χ0v) is 13.1. The number of ether oxygens (including phenoxy) is 2. The third kappa shape index (κ3) is 2.41. The predicted octanol–water partition coefficient (Wildman–Crippen LogP) is 3.58. The van der Waals surface area contributed by atoms with Gasteiger partial charge in [0.15, 0.2) is 17.3 Å². The minimum Gasteiger partial charge on any atom is -0.508 e. The van der Waals surface area contributed by atoms with Crippen molar-refractivity contribution in [1.29, 1.82) is 0 Å². The minimum atomic E-state index is -0.258. The van der Waals surface area contributed by atoms with Crippen LogP contribution in [-0.4, -0.2) is 25.1 Å². The lowest BCUT2D eigenvalue weighted by Gasteiger charge is -2.25. The van der Waals surface area contributed by atoms with Gasteiger partial charge < -0.3 is 14.6 Å². The summed E-state index contributed by atoms with van der Waals surface area (Å²) in [6.07, 6.45) is 0. The van der Waals surface area contributed by atoms with E-state index in [2.05, 4.69) is 0 Å². The number of rotatable bonds is 3. The quantitative estimate of drug-likeness (QED) is 0.938. The van der Waals surface area contributed by atoms with Crippen molar-refractivity contribution in [3.05, 3.63) is 53.1 Å². The van der Waals surface area contributed by atoms with Gasteiger partial charge in [0.25, 0.3) is 0 Å². The molecule has 1 aliphatic rings. The summed E-state index contributed by atoms with van der Waals surface area (Å²) in [6.45, 7) is 0. The number of benzene rings is 2. The highest BCUT2D eigenvalue weighted by Crippen LogP contribution is 2.46. The van der Waals surface area contributed by atoms with E-state index in [0.717, 1.165) is 11.1 Å². The van der Waals surface area contributed by atoms with Crippen molar-refractivity contribution < 1.29 is 19.4 Å². The van der Waals surface area contributed by atoms with Gasteiger partial charge in [-0.3, -0.25) is 4.79 Å². The molecule has 1 unspecified atom stereocenters. The Morgan fingerprint density at radius 1 is 1.09 bits per heavy atom. The monoisotopic (exact) mass is 316 g/mol. The summed E-state index contributed by atoms with van der Waals surface area (Å²) in [5, 5.41) is 9.12. The third-order valence-corrected chi connectivity index (χ3v) is 5.02. The van der Waals surface area contributed by atoms with E-state index >= 15 is 0 Å². The van der Waals surface area contributed by atoms with Crippen LogP contribution in [0.25, 0.3) is 0 Å². The van der Waals surface area contributed by atoms with Gasteiger partial charge in [-0.15, -0.1) is 11.8 Å². The molecule has 0 aliphatic carbocycles. The molecule has 1 atom stereocenters. The number of Topliss-reactive ketones (excluding diaryl/α,β-unsaturated/α-hetero) is 1. The van der Waals surface area contributed by atoms with E-state index < -0.39 is 0 Å². The van der Waals surface area contributed by atoms with Crippen LogP contribution in [-0.2, 0) is 5.75 Å². The van der Waals surface area contributed by atoms with Crippen LogP contribution in [0.1, 0.15) is 26.7 Å². The largest absolute Gasteiger partial charge is 0.508 e. The summed E-state index contributed by atoms with van der Waals surface area (Å²) in [6, 6.07) is 10.3. The molecular weight excluding hydrogens is 300 g/mol. The summed E-state index contributed by atoms with van der Waals surface area (Å²) >= 11 is 1.55. The number of thioether (sulfide) groups is 1. The molecule has 22 heavy (non-hydrogen) atoms. The molecule has 2 aromatic carbocycles. The fourth-order valence-electron chi connectivity index (χ4n) is 2.65. The average Bonchev–Trinajstić information content (AvgIpc) is 2.55. The van der Waals surface area contributed by atoms with Crippen molar-refractivity contribution in [1.82, 2.24) is 0 Å². The summed E-state index contributed by atoms with van der Waals surface area (Å²) in [4.78, 5) is 12.8. The fourth-order valence-corrected chi connectivity index (χ4v) is 3.89.